The molecule has 1 aromatic carbocycles. The summed E-state index contributed by atoms with van der Waals surface area (Å²) in [6.45, 7) is -0.258. The third kappa shape index (κ3) is 4.71. The summed E-state index contributed by atoms with van der Waals surface area (Å²) >= 11 is 5.74. The number of fused-ring (bicyclic) bond motifs is 1. The number of benzene rings is 1. The lowest BCUT2D eigenvalue weighted by atomic mass is 10.2. The number of nitrogens with one attached hydrogen (secondary N) is 2. The van der Waals surface area contributed by atoms with Crippen molar-refractivity contribution in [3.8, 4) is 0 Å². The van der Waals surface area contributed by atoms with Crippen molar-refractivity contribution in [1.29, 1.82) is 0 Å². The second kappa shape index (κ2) is 8.19. The molecule has 1 aliphatic rings. The molecule has 33 heavy (non-hydrogen) atoms. The van der Waals surface area contributed by atoms with Crippen molar-refractivity contribution in [2.45, 2.75) is 24.9 Å². The molecule has 3 aromatic rings. The van der Waals surface area contributed by atoms with Crippen LogP contribution in [-0.4, -0.2) is 39.4 Å². The van der Waals surface area contributed by atoms with E-state index >= 15 is 0 Å². The van der Waals surface area contributed by atoms with E-state index < -0.39 is 35.5 Å². The molecule has 13 heteroatoms. The Bertz CT molecular complexity index is 1230. The number of hydrogen-bond donors (Lipinski definition) is 3. The largest absolute Gasteiger partial charge is 0.431 e. The van der Waals surface area contributed by atoms with Gasteiger partial charge < -0.3 is 25.0 Å². The van der Waals surface area contributed by atoms with Crippen LogP contribution in [0.4, 0.5) is 28.0 Å². The SMILES string of the molecule is O=C(NCc1cc(F)cc(Cl)c1)O[C@@]1(O)CCN(c2cnc3[nH]c(C(F)(F)F)cc3c2)C1=O. The molecule has 8 nitrogen and oxygen atoms in total. The third-order valence-electron chi connectivity index (χ3n) is 4.95. The minimum Gasteiger partial charge on any atom is -0.407 e. The Morgan fingerprint density at radius 3 is 2.76 bits per heavy atom. The first-order chi connectivity index (χ1) is 15.4. The molecule has 4 rings (SSSR count). The second-order valence-corrected chi connectivity index (χ2v) is 7.76. The molecule has 0 radical (unpaired) electrons. The normalized spacial score (nSPS) is 18.7. The summed E-state index contributed by atoms with van der Waals surface area (Å²) in [4.78, 5) is 31.9. The van der Waals surface area contributed by atoms with Crippen molar-refractivity contribution in [3.63, 3.8) is 0 Å². The van der Waals surface area contributed by atoms with Gasteiger partial charge in [-0.2, -0.15) is 13.2 Å². The highest BCUT2D eigenvalue weighted by Crippen LogP contribution is 2.34. The number of alkyl carbamates (subject to hydrolysis) is 1. The van der Waals surface area contributed by atoms with Crippen LogP contribution in [0.1, 0.15) is 17.7 Å². The van der Waals surface area contributed by atoms with Gasteiger partial charge in [-0.15, -0.1) is 0 Å². The van der Waals surface area contributed by atoms with E-state index in [0.717, 1.165) is 29.3 Å². The van der Waals surface area contributed by atoms with Crippen LogP contribution in [0.2, 0.25) is 5.02 Å². The van der Waals surface area contributed by atoms with Crippen molar-refractivity contribution in [1.82, 2.24) is 15.3 Å². The maximum absolute atomic E-state index is 13.4. The first-order valence-electron chi connectivity index (χ1n) is 9.47. The molecule has 1 fully saturated rings. The molecule has 0 saturated carbocycles. The van der Waals surface area contributed by atoms with Crippen LogP contribution in [0.15, 0.2) is 36.5 Å². The Morgan fingerprint density at radius 1 is 1.30 bits per heavy atom. The first kappa shape index (κ1) is 22.8. The average molecular weight is 487 g/mol. The van der Waals surface area contributed by atoms with Crippen molar-refractivity contribution in [2.75, 3.05) is 11.4 Å². The van der Waals surface area contributed by atoms with E-state index in [1.807, 2.05) is 0 Å². The molecular formula is C20H15ClF4N4O4. The standard InChI is InChI=1S/C20H15ClF4N4O4/c21-12-3-10(4-13(22)7-12)8-27-18(31)33-19(32)1-2-29(17(19)30)14-5-11-6-15(20(23,24)25)28-16(11)26-9-14/h3-7,9,32H,1-2,8H2,(H,26,28)(H,27,31)/t19-/m0/s1. The highest BCUT2D eigenvalue weighted by atomic mass is 35.5. The highest BCUT2D eigenvalue weighted by Gasteiger charge is 2.49. The molecule has 174 valence electrons. The van der Waals surface area contributed by atoms with E-state index in [4.69, 9.17) is 16.3 Å². The number of pyridine rings is 1. The fourth-order valence-electron chi connectivity index (χ4n) is 3.40. The molecule has 0 aliphatic carbocycles. The van der Waals surface area contributed by atoms with Gasteiger partial charge in [-0.25, -0.2) is 14.2 Å². The molecule has 0 bridgehead atoms. The zero-order chi connectivity index (χ0) is 24.0. The number of alkyl halides is 3. The maximum atomic E-state index is 13.4. The number of hydrogen-bond acceptors (Lipinski definition) is 5. The molecule has 3 N–H and O–H groups in total. The molecule has 0 spiro atoms. The number of aromatic amines is 1. The van der Waals surface area contributed by atoms with E-state index in [2.05, 4.69) is 15.3 Å². The van der Waals surface area contributed by atoms with Crippen LogP contribution in [-0.2, 0) is 22.3 Å². The van der Waals surface area contributed by atoms with Crippen molar-refractivity contribution in [3.05, 3.63) is 58.6 Å². The van der Waals surface area contributed by atoms with Crippen molar-refractivity contribution >= 4 is 40.3 Å². The highest BCUT2D eigenvalue weighted by molar-refractivity contribution is 6.30. The Labute approximate surface area is 188 Å². The summed E-state index contributed by atoms with van der Waals surface area (Å²) in [5, 5.41) is 13.1. The number of carbonyl (C=O) groups excluding carboxylic acids is 2. The van der Waals surface area contributed by atoms with Crippen LogP contribution in [0.5, 0.6) is 0 Å². The van der Waals surface area contributed by atoms with Gasteiger partial charge >= 0.3 is 12.3 Å². The molecule has 1 aliphatic heterocycles. The molecule has 3 heterocycles. The van der Waals surface area contributed by atoms with E-state index in [9.17, 15) is 32.3 Å². The number of ether oxygens (including phenoxy) is 1. The third-order valence-corrected chi connectivity index (χ3v) is 5.17. The first-order valence-corrected chi connectivity index (χ1v) is 9.84. The van der Waals surface area contributed by atoms with Crippen LogP contribution < -0.4 is 10.2 Å². The van der Waals surface area contributed by atoms with E-state index in [-0.39, 0.29) is 41.3 Å². The van der Waals surface area contributed by atoms with Crippen molar-refractivity contribution < 1.29 is 37.0 Å². The molecule has 1 atom stereocenters. The molecule has 2 amide bonds. The number of aromatic nitrogens is 2. The summed E-state index contributed by atoms with van der Waals surface area (Å²) in [7, 11) is 0. The number of halogens is 5. The van der Waals surface area contributed by atoms with Gasteiger partial charge in [0.2, 0.25) is 0 Å². The zero-order valence-corrected chi connectivity index (χ0v) is 17.3. The molecular weight excluding hydrogens is 472 g/mol. The Kier molecular flexibility index (Phi) is 5.66. The number of carbonyl (C=O) groups is 2. The predicted molar refractivity (Wildman–Crippen MR) is 108 cm³/mol. The van der Waals surface area contributed by atoms with Gasteiger partial charge in [-0.1, -0.05) is 11.6 Å². The van der Waals surface area contributed by atoms with Gasteiger partial charge in [0.05, 0.1) is 11.9 Å². The topological polar surface area (TPSA) is 108 Å². The fourth-order valence-corrected chi connectivity index (χ4v) is 3.65. The van der Waals surface area contributed by atoms with Gasteiger partial charge in [0, 0.05) is 29.9 Å². The molecule has 1 saturated heterocycles. The minimum atomic E-state index is -4.59. The lowest BCUT2D eigenvalue weighted by molar-refractivity contribution is -0.175. The summed E-state index contributed by atoms with van der Waals surface area (Å²) in [5.74, 6) is -4.09. The Morgan fingerprint density at radius 2 is 2.06 bits per heavy atom. The van der Waals surface area contributed by atoms with Crippen molar-refractivity contribution in [2.24, 2.45) is 0 Å². The quantitative estimate of drug-likeness (QED) is 0.385. The number of anilines is 1. The Hall–Kier alpha value is -3.38. The number of amides is 2. The van der Waals surface area contributed by atoms with E-state index in [0.29, 0.717) is 5.56 Å². The van der Waals surface area contributed by atoms with Crippen LogP contribution >= 0.6 is 11.6 Å². The monoisotopic (exact) mass is 486 g/mol. The lowest BCUT2D eigenvalue weighted by Crippen LogP contribution is -2.46. The van der Waals surface area contributed by atoms with Crippen LogP contribution in [0.25, 0.3) is 11.0 Å². The number of nitrogens with zero attached hydrogens (tertiary/aromatic N) is 2. The maximum Gasteiger partial charge on any atom is 0.431 e. The number of H-pyrrole nitrogens is 1. The van der Waals surface area contributed by atoms with E-state index in [1.165, 1.54) is 12.1 Å². The van der Waals surface area contributed by atoms with Gasteiger partial charge in [-0.05, 0) is 35.9 Å². The van der Waals surface area contributed by atoms with Gasteiger partial charge in [-0.3, -0.25) is 4.79 Å². The molecule has 2 aromatic heterocycles. The Balaban J connectivity index is 1.44. The van der Waals surface area contributed by atoms with E-state index in [1.54, 1.807) is 0 Å². The molecule has 0 unspecified atom stereocenters. The number of rotatable bonds is 4. The fraction of sp³-hybridized carbons (Fsp3) is 0.250. The minimum absolute atomic E-state index is 0.0268. The van der Waals surface area contributed by atoms with Gasteiger partial charge in [0.15, 0.2) is 0 Å². The summed E-state index contributed by atoms with van der Waals surface area (Å²) in [5.41, 5.74) is -0.575. The average Bonchev–Trinajstić information content (AvgIpc) is 3.27. The predicted octanol–water partition coefficient (Wildman–Crippen LogP) is 3.73. The zero-order valence-electron chi connectivity index (χ0n) is 16.5. The second-order valence-electron chi connectivity index (χ2n) is 7.32. The summed E-state index contributed by atoms with van der Waals surface area (Å²) < 4.78 is 56.9. The van der Waals surface area contributed by atoms with Gasteiger partial charge in [0.1, 0.15) is 17.2 Å². The summed E-state index contributed by atoms with van der Waals surface area (Å²) in [6.07, 6.45) is -4.86. The number of aliphatic hydroxyl groups is 1. The van der Waals surface area contributed by atoms with Crippen LogP contribution in [0, 0.1) is 5.82 Å². The van der Waals surface area contributed by atoms with Gasteiger partial charge in [0.25, 0.3) is 11.7 Å². The van der Waals surface area contributed by atoms with Crippen LogP contribution in [0.3, 0.4) is 0 Å². The lowest BCUT2D eigenvalue weighted by Gasteiger charge is -2.22. The summed E-state index contributed by atoms with van der Waals surface area (Å²) in [6, 6.07) is 5.78. The smallest absolute Gasteiger partial charge is 0.407 e.